The zero-order valence-electron chi connectivity index (χ0n) is 14.9. The number of hydrogen-bond donors (Lipinski definition) is 1. The molecular formula is C20H25F3O3. The number of rotatable bonds is 5. The molecule has 6 heteroatoms. The van der Waals surface area contributed by atoms with Gasteiger partial charge >= 0.3 is 6.18 Å². The van der Waals surface area contributed by atoms with E-state index in [4.69, 9.17) is 9.47 Å². The minimum Gasteiger partial charge on any atom is -0.493 e. The first-order valence-corrected chi connectivity index (χ1v) is 9.06. The van der Waals surface area contributed by atoms with Crippen molar-refractivity contribution in [3.8, 4) is 5.75 Å². The van der Waals surface area contributed by atoms with Gasteiger partial charge in [0, 0.05) is 12.3 Å². The van der Waals surface area contributed by atoms with E-state index < -0.39 is 18.0 Å². The van der Waals surface area contributed by atoms with Gasteiger partial charge in [-0.1, -0.05) is 32.1 Å². The molecule has 0 aromatic heterocycles. The maximum atomic E-state index is 12.7. The fourth-order valence-electron chi connectivity index (χ4n) is 4.02. The number of aliphatic hydroxyl groups is 1. The molecule has 0 radical (unpaired) electrons. The molecule has 0 bridgehead atoms. The Morgan fingerprint density at radius 3 is 2.85 bits per heavy atom. The molecule has 26 heavy (non-hydrogen) atoms. The van der Waals surface area contributed by atoms with E-state index in [0.717, 1.165) is 18.6 Å². The summed E-state index contributed by atoms with van der Waals surface area (Å²) >= 11 is 0. The van der Waals surface area contributed by atoms with Gasteiger partial charge in [-0.25, -0.2) is 0 Å². The number of aliphatic hydroxyl groups excluding tert-OH is 1. The number of benzene rings is 1. The van der Waals surface area contributed by atoms with Crippen LogP contribution in [-0.2, 0) is 10.9 Å². The van der Waals surface area contributed by atoms with Crippen molar-refractivity contribution < 1.29 is 27.8 Å². The van der Waals surface area contributed by atoms with E-state index in [1.165, 1.54) is 12.1 Å². The Labute approximate surface area is 151 Å². The third kappa shape index (κ3) is 4.41. The van der Waals surface area contributed by atoms with E-state index in [-0.39, 0.29) is 17.8 Å². The zero-order valence-corrected chi connectivity index (χ0v) is 14.9. The monoisotopic (exact) mass is 370 g/mol. The summed E-state index contributed by atoms with van der Waals surface area (Å²) in [6.07, 6.45) is 0.943. The summed E-state index contributed by atoms with van der Waals surface area (Å²) in [5, 5.41) is 9.66. The van der Waals surface area contributed by atoms with Crippen molar-refractivity contribution in [1.82, 2.24) is 0 Å². The highest BCUT2D eigenvalue weighted by Crippen LogP contribution is 2.46. The molecule has 1 saturated heterocycles. The smallest absolute Gasteiger partial charge is 0.416 e. The van der Waals surface area contributed by atoms with Gasteiger partial charge in [0.2, 0.25) is 0 Å². The summed E-state index contributed by atoms with van der Waals surface area (Å²) in [4.78, 5) is 0. The van der Waals surface area contributed by atoms with E-state index >= 15 is 0 Å². The van der Waals surface area contributed by atoms with E-state index in [1.807, 2.05) is 6.92 Å². The SMILES string of the molecule is CC(C=CC1C(C)CC2OC(O)CC21)COc1cccc(C(F)(F)F)c1. The molecule has 2 fully saturated rings. The van der Waals surface area contributed by atoms with Gasteiger partial charge in [0.05, 0.1) is 18.3 Å². The molecule has 1 heterocycles. The molecule has 0 amide bonds. The van der Waals surface area contributed by atoms with Crippen molar-refractivity contribution in [3.63, 3.8) is 0 Å². The molecule has 1 aromatic rings. The average Bonchev–Trinajstić information content (AvgIpc) is 3.05. The van der Waals surface area contributed by atoms with Crippen LogP contribution in [0.3, 0.4) is 0 Å². The number of halogens is 3. The normalized spacial score (nSPS) is 32.8. The van der Waals surface area contributed by atoms with Crippen LogP contribution in [0.4, 0.5) is 13.2 Å². The highest BCUT2D eigenvalue weighted by atomic mass is 19.4. The summed E-state index contributed by atoms with van der Waals surface area (Å²) in [6.45, 7) is 4.47. The van der Waals surface area contributed by atoms with Crippen molar-refractivity contribution in [1.29, 1.82) is 0 Å². The van der Waals surface area contributed by atoms with Crippen molar-refractivity contribution in [3.05, 3.63) is 42.0 Å². The zero-order chi connectivity index (χ0) is 18.9. The van der Waals surface area contributed by atoms with Crippen molar-refractivity contribution in [2.45, 2.75) is 45.3 Å². The Bertz CT molecular complexity index is 643. The number of ether oxygens (including phenoxy) is 2. The molecule has 1 aromatic carbocycles. The van der Waals surface area contributed by atoms with E-state index in [0.29, 0.717) is 30.8 Å². The van der Waals surface area contributed by atoms with Crippen LogP contribution >= 0.6 is 0 Å². The van der Waals surface area contributed by atoms with Crippen LogP contribution < -0.4 is 4.74 Å². The van der Waals surface area contributed by atoms with Crippen LogP contribution in [0.1, 0.15) is 32.3 Å². The molecule has 6 atom stereocenters. The average molecular weight is 370 g/mol. The van der Waals surface area contributed by atoms with Gasteiger partial charge in [-0.15, -0.1) is 0 Å². The second kappa shape index (κ2) is 7.61. The van der Waals surface area contributed by atoms with Crippen LogP contribution in [0, 0.1) is 23.7 Å². The lowest BCUT2D eigenvalue weighted by molar-refractivity contribution is -0.137. The Balaban J connectivity index is 1.54. The number of allylic oxidation sites excluding steroid dienone is 1. The minimum atomic E-state index is -4.37. The molecule has 2 aliphatic rings. The molecule has 0 spiro atoms. The number of fused-ring (bicyclic) bond motifs is 1. The first-order valence-electron chi connectivity index (χ1n) is 9.06. The Hall–Kier alpha value is -1.53. The van der Waals surface area contributed by atoms with Crippen molar-refractivity contribution in [2.24, 2.45) is 23.7 Å². The van der Waals surface area contributed by atoms with Crippen LogP contribution in [0.15, 0.2) is 36.4 Å². The highest BCUT2D eigenvalue weighted by Gasteiger charge is 2.46. The lowest BCUT2D eigenvalue weighted by atomic mass is 9.87. The molecule has 144 valence electrons. The van der Waals surface area contributed by atoms with Crippen LogP contribution in [-0.4, -0.2) is 24.1 Å². The lowest BCUT2D eigenvalue weighted by Gasteiger charge is -2.18. The van der Waals surface area contributed by atoms with Gasteiger partial charge in [-0.2, -0.15) is 13.2 Å². The summed E-state index contributed by atoms with van der Waals surface area (Å²) in [7, 11) is 0. The van der Waals surface area contributed by atoms with Gasteiger partial charge in [-0.3, -0.25) is 0 Å². The van der Waals surface area contributed by atoms with E-state index in [2.05, 4.69) is 19.1 Å². The van der Waals surface area contributed by atoms with Crippen LogP contribution in [0.25, 0.3) is 0 Å². The van der Waals surface area contributed by atoms with Gasteiger partial charge in [0.1, 0.15) is 5.75 Å². The predicted octanol–water partition coefficient (Wildman–Crippen LogP) is 4.66. The maximum Gasteiger partial charge on any atom is 0.416 e. The molecule has 1 aliphatic carbocycles. The summed E-state index contributed by atoms with van der Waals surface area (Å²) in [5.41, 5.74) is -0.705. The number of alkyl halides is 3. The predicted molar refractivity (Wildman–Crippen MR) is 91.5 cm³/mol. The number of hydrogen-bond acceptors (Lipinski definition) is 3. The minimum absolute atomic E-state index is 0.0723. The highest BCUT2D eigenvalue weighted by molar-refractivity contribution is 5.30. The summed E-state index contributed by atoms with van der Waals surface area (Å²) < 4.78 is 49.3. The van der Waals surface area contributed by atoms with Gasteiger partial charge < -0.3 is 14.6 Å². The molecule has 6 unspecified atom stereocenters. The largest absolute Gasteiger partial charge is 0.493 e. The maximum absolute atomic E-state index is 12.7. The quantitative estimate of drug-likeness (QED) is 0.767. The first-order chi connectivity index (χ1) is 12.2. The third-order valence-electron chi connectivity index (χ3n) is 5.37. The van der Waals surface area contributed by atoms with Crippen LogP contribution in [0.5, 0.6) is 5.75 Å². The Morgan fingerprint density at radius 1 is 1.35 bits per heavy atom. The first kappa shape index (κ1) is 19.2. The van der Waals surface area contributed by atoms with Gasteiger partial charge in [0.15, 0.2) is 6.29 Å². The lowest BCUT2D eigenvalue weighted by Crippen LogP contribution is -2.14. The Morgan fingerprint density at radius 2 is 2.12 bits per heavy atom. The van der Waals surface area contributed by atoms with E-state index in [9.17, 15) is 18.3 Å². The summed E-state index contributed by atoms with van der Waals surface area (Å²) in [5.74, 6) is 1.48. The standard InChI is InChI=1S/C20H25F3O3/c1-12(11-25-15-5-3-4-14(9-15)20(21,22)23)6-7-16-13(2)8-18-17(16)10-19(24)26-18/h3-7,9,12-13,16-19,24H,8,10-11H2,1-2H3. The van der Waals surface area contributed by atoms with E-state index in [1.54, 1.807) is 0 Å². The third-order valence-corrected chi connectivity index (χ3v) is 5.37. The Kier molecular flexibility index (Phi) is 5.63. The topological polar surface area (TPSA) is 38.7 Å². The van der Waals surface area contributed by atoms with Crippen LogP contribution in [0.2, 0.25) is 0 Å². The molecule has 1 saturated carbocycles. The molecule has 3 nitrogen and oxygen atoms in total. The second-order valence-corrected chi connectivity index (χ2v) is 7.52. The molecule has 1 aliphatic heterocycles. The molecule has 3 rings (SSSR count). The summed E-state index contributed by atoms with van der Waals surface area (Å²) in [6, 6.07) is 4.94. The molecular weight excluding hydrogens is 345 g/mol. The van der Waals surface area contributed by atoms with Crippen molar-refractivity contribution in [2.75, 3.05) is 6.61 Å². The van der Waals surface area contributed by atoms with Gasteiger partial charge in [-0.05, 0) is 42.4 Å². The van der Waals surface area contributed by atoms with Crippen molar-refractivity contribution >= 4 is 0 Å². The fourth-order valence-corrected chi connectivity index (χ4v) is 4.02. The molecule has 1 N–H and O–H groups in total. The second-order valence-electron chi connectivity index (χ2n) is 7.52. The fraction of sp³-hybridized carbons (Fsp3) is 0.600. The van der Waals surface area contributed by atoms with Gasteiger partial charge in [0.25, 0.3) is 0 Å².